The Hall–Kier alpha value is -4.99. The van der Waals surface area contributed by atoms with E-state index in [0.29, 0.717) is 0 Å². The molecule has 0 N–H and O–H groups in total. The van der Waals surface area contributed by atoms with Crippen LogP contribution in [-0.4, -0.2) is 9.97 Å². The largest absolute Gasteiger partial charge is 0.228 e. The zero-order chi connectivity index (χ0) is 27.7. The molecule has 2 heterocycles. The Labute approximate surface area is 248 Å². The number of aromatic nitrogens is 2. The molecule has 0 fully saturated rings. The Bertz CT molecular complexity index is 2140. The molecule has 9 rings (SSSR count). The molecule has 0 bridgehead atoms. The molecule has 2 nitrogen and oxygen atoms in total. The molecule has 0 amide bonds. The Morgan fingerprint density at radius 2 is 1.07 bits per heavy atom. The molecular weight excluding hydrogens is 529 g/mol. The topological polar surface area (TPSA) is 25.8 Å². The smallest absolute Gasteiger partial charge is 0.160 e. The highest BCUT2D eigenvalue weighted by atomic mass is 32.2. The third kappa shape index (κ3) is 3.23. The van der Waals surface area contributed by atoms with Gasteiger partial charge < -0.3 is 0 Å². The molecular formula is C39H24N2S. The van der Waals surface area contributed by atoms with Gasteiger partial charge in [-0.3, -0.25) is 0 Å². The third-order valence-corrected chi connectivity index (χ3v) is 9.91. The standard InChI is InChI=1S/C39H24N2S/c1-2-12-25(13-3-1)38-40-34-19-9-5-15-28(34)37(41-38)26-22-23-31-29(24-26)27-14-4-6-16-30(27)39(31)32-17-7-10-20-35(32)42-36-21-11-8-18-33(36)39/h1-24H. The first-order valence-corrected chi connectivity index (χ1v) is 15.1. The van der Waals surface area contributed by atoms with Crippen LogP contribution in [-0.2, 0) is 5.41 Å². The second-order valence-corrected chi connectivity index (χ2v) is 12.0. The van der Waals surface area contributed by atoms with Gasteiger partial charge in [0.25, 0.3) is 0 Å². The maximum atomic E-state index is 5.18. The molecule has 2 aliphatic rings. The second-order valence-electron chi connectivity index (χ2n) is 10.9. The minimum absolute atomic E-state index is 0.369. The molecule has 196 valence electrons. The van der Waals surface area contributed by atoms with Gasteiger partial charge in [-0.25, -0.2) is 9.97 Å². The number of benzene rings is 6. The van der Waals surface area contributed by atoms with Crippen molar-refractivity contribution in [2.24, 2.45) is 0 Å². The molecule has 1 aromatic heterocycles. The third-order valence-electron chi connectivity index (χ3n) is 8.76. The highest BCUT2D eigenvalue weighted by molar-refractivity contribution is 7.99. The number of para-hydroxylation sites is 1. The summed E-state index contributed by atoms with van der Waals surface area (Å²) in [6.07, 6.45) is 0. The number of nitrogens with zero attached hydrogens (tertiary/aromatic N) is 2. The maximum Gasteiger partial charge on any atom is 0.160 e. The van der Waals surface area contributed by atoms with Crippen molar-refractivity contribution < 1.29 is 0 Å². The molecule has 0 saturated heterocycles. The van der Waals surface area contributed by atoms with Crippen LogP contribution in [0.4, 0.5) is 0 Å². The van der Waals surface area contributed by atoms with Gasteiger partial charge in [0.1, 0.15) is 0 Å². The molecule has 0 unspecified atom stereocenters. The summed E-state index contributed by atoms with van der Waals surface area (Å²) in [5, 5.41) is 1.06. The van der Waals surface area contributed by atoms with Gasteiger partial charge in [-0.15, -0.1) is 0 Å². The molecule has 6 aromatic carbocycles. The van der Waals surface area contributed by atoms with Crippen molar-refractivity contribution in [3.8, 4) is 33.8 Å². The van der Waals surface area contributed by atoms with Crippen LogP contribution < -0.4 is 0 Å². The molecule has 0 saturated carbocycles. The van der Waals surface area contributed by atoms with Crippen LogP contribution in [0.1, 0.15) is 22.3 Å². The second kappa shape index (κ2) is 9.01. The van der Waals surface area contributed by atoms with Gasteiger partial charge in [0.05, 0.1) is 16.6 Å². The molecule has 1 aliphatic heterocycles. The molecule has 7 aromatic rings. The van der Waals surface area contributed by atoms with Gasteiger partial charge in [-0.05, 0) is 57.6 Å². The summed E-state index contributed by atoms with van der Waals surface area (Å²) in [6.45, 7) is 0. The number of hydrogen-bond donors (Lipinski definition) is 0. The fraction of sp³-hybridized carbons (Fsp3) is 0.0256. The lowest BCUT2D eigenvalue weighted by atomic mass is 9.67. The average Bonchev–Trinajstić information content (AvgIpc) is 3.35. The fourth-order valence-electron chi connectivity index (χ4n) is 7.02. The van der Waals surface area contributed by atoms with Crippen LogP contribution >= 0.6 is 11.8 Å². The lowest BCUT2D eigenvalue weighted by molar-refractivity contribution is 0.722. The van der Waals surface area contributed by atoms with E-state index in [9.17, 15) is 0 Å². The summed E-state index contributed by atoms with van der Waals surface area (Å²) in [5.74, 6) is 0.744. The van der Waals surface area contributed by atoms with Crippen molar-refractivity contribution in [3.63, 3.8) is 0 Å². The van der Waals surface area contributed by atoms with Crippen molar-refractivity contribution in [1.29, 1.82) is 0 Å². The quantitative estimate of drug-likeness (QED) is 0.213. The predicted molar refractivity (Wildman–Crippen MR) is 172 cm³/mol. The van der Waals surface area contributed by atoms with Crippen LogP contribution in [0.3, 0.4) is 0 Å². The molecule has 3 heteroatoms. The monoisotopic (exact) mass is 552 g/mol. The zero-order valence-electron chi connectivity index (χ0n) is 22.7. The minimum Gasteiger partial charge on any atom is -0.228 e. The minimum atomic E-state index is -0.369. The van der Waals surface area contributed by atoms with E-state index < -0.39 is 0 Å². The van der Waals surface area contributed by atoms with E-state index in [2.05, 4.69) is 121 Å². The Balaban J connectivity index is 1.34. The first-order valence-electron chi connectivity index (χ1n) is 14.3. The average molecular weight is 553 g/mol. The van der Waals surface area contributed by atoms with Gasteiger partial charge in [0.15, 0.2) is 5.82 Å². The number of fused-ring (bicyclic) bond motifs is 10. The van der Waals surface area contributed by atoms with E-state index in [-0.39, 0.29) is 5.41 Å². The Morgan fingerprint density at radius 1 is 0.452 bits per heavy atom. The van der Waals surface area contributed by atoms with Crippen molar-refractivity contribution >= 4 is 22.7 Å². The highest BCUT2D eigenvalue weighted by Gasteiger charge is 2.50. The van der Waals surface area contributed by atoms with E-state index in [0.717, 1.165) is 33.5 Å². The van der Waals surface area contributed by atoms with E-state index in [1.807, 2.05) is 36.0 Å². The van der Waals surface area contributed by atoms with Gasteiger partial charge in [-0.2, -0.15) is 0 Å². The number of rotatable bonds is 2. The Kier molecular flexibility index (Phi) is 5.08. The van der Waals surface area contributed by atoms with Gasteiger partial charge in [-0.1, -0.05) is 133 Å². The summed E-state index contributed by atoms with van der Waals surface area (Å²) < 4.78 is 0. The van der Waals surface area contributed by atoms with Crippen molar-refractivity contribution in [2.45, 2.75) is 15.2 Å². The summed E-state index contributed by atoms with van der Waals surface area (Å²) in [6, 6.07) is 52.4. The first-order chi connectivity index (χ1) is 20.8. The lowest BCUT2D eigenvalue weighted by Gasteiger charge is -2.39. The lowest BCUT2D eigenvalue weighted by Crippen LogP contribution is -2.31. The molecule has 42 heavy (non-hydrogen) atoms. The summed E-state index contributed by atoms with van der Waals surface area (Å²) in [7, 11) is 0. The Morgan fingerprint density at radius 3 is 1.86 bits per heavy atom. The van der Waals surface area contributed by atoms with E-state index >= 15 is 0 Å². The molecule has 0 radical (unpaired) electrons. The summed E-state index contributed by atoms with van der Waals surface area (Å²) in [5.41, 5.74) is 11.6. The van der Waals surface area contributed by atoms with E-state index in [4.69, 9.17) is 9.97 Å². The van der Waals surface area contributed by atoms with Crippen LogP contribution in [0, 0.1) is 0 Å². The summed E-state index contributed by atoms with van der Waals surface area (Å²) >= 11 is 1.88. The number of hydrogen-bond acceptors (Lipinski definition) is 3. The van der Waals surface area contributed by atoms with Crippen LogP contribution in [0.2, 0.25) is 0 Å². The van der Waals surface area contributed by atoms with Crippen LogP contribution in [0.15, 0.2) is 155 Å². The van der Waals surface area contributed by atoms with Gasteiger partial charge in [0.2, 0.25) is 0 Å². The zero-order valence-corrected chi connectivity index (χ0v) is 23.5. The maximum absolute atomic E-state index is 5.18. The molecule has 1 aliphatic carbocycles. The van der Waals surface area contributed by atoms with Gasteiger partial charge >= 0.3 is 0 Å². The molecule has 0 atom stereocenters. The normalized spacial score (nSPS) is 13.8. The van der Waals surface area contributed by atoms with Crippen LogP contribution in [0.5, 0.6) is 0 Å². The fourth-order valence-corrected chi connectivity index (χ4v) is 8.21. The van der Waals surface area contributed by atoms with Crippen molar-refractivity contribution in [2.75, 3.05) is 0 Å². The van der Waals surface area contributed by atoms with E-state index in [1.54, 1.807) is 0 Å². The highest BCUT2D eigenvalue weighted by Crippen LogP contribution is 2.62. The summed E-state index contributed by atoms with van der Waals surface area (Å²) in [4.78, 5) is 12.8. The van der Waals surface area contributed by atoms with Gasteiger partial charge in [0, 0.05) is 26.3 Å². The molecule has 1 spiro atoms. The first kappa shape index (κ1) is 23.7. The van der Waals surface area contributed by atoms with Crippen molar-refractivity contribution in [1.82, 2.24) is 9.97 Å². The SMILES string of the molecule is c1ccc(-c2nc(-c3ccc4c(c3)-c3ccccc3C43c4ccccc4Sc4ccccc43)c3ccccc3n2)cc1. The van der Waals surface area contributed by atoms with Crippen LogP contribution in [0.25, 0.3) is 44.7 Å². The predicted octanol–water partition coefficient (Wildman–Crippen LogP) is 9.79. The van der Waals surface area contributed by atoms with Crippen molar-refractivity contribution in [3.05, 3.63) is 168 Å². The van der Waals surface area contributed by atoms with E-state index in [1.165, 1.54) is 43.2 Å².